The highest BCUT2D eigenvalue weighted by Gasteiger charge is 2.17. The number of imidazole rings is 1. The zero-order valence-corrected chi connectivity index (χ0v) is 14.0. The predicted molar refractivity (Wildman–Crippen MR) is 93.0 cm³/mol. The monoisotopic (exact) mass is 303 g/mol. The number of anilines is 1. The first kappa shape index (κ1) is 16.0. The van der Waals surface area contributed by atoms with Crippen molar-refractivity contribution in [3.8, 4) is 0 Å². The number of hydrogen-bond donors (Lipinski definition) is 1. The van der Waals surface area contributed by atoms with Crippen LogP contribution < -0.4 is 5.73 Å². The Labute approximate surface area is 132 Å². The lowest BCUT2D eigenvalue weighted by Gasteiger charge is -2.12. The first-order chi connectivity index (χ1) is 10.1. The van der Waals surface area contributed by atoms with E-state index in [2.05, 4.69) is 49.6 Å². The van der Waals surface area contributed by atoms with Crippen molar-refractivity contribution in [2.45, 2.75) is 39.7 Å². The Bertz CT molecular complexity index is 561. The molecule has 0 saturated heterocycles. The number of benzene rings is 1. The molecule has 0 radical (unpaired) electrons. The molecular formula is C17H25N3S. The summed E-state index contributed by atoms with van der Waals surface area (Å²) in [5.74, 6) is 4.53. The fourth-order valence-electron chi connectivity index (χ4n) is 2.41. The van der Waals surface area contributed by atoms with E-state index in [0.29, 0.717) is 5.92 Å². The number of rotatable bonds is 7. The summed E-state index contributed by atoms with van der Waals surface area (Å²) in [5, 5.41) is 0. The van der Waals surface area contributed by atoms with Crippen LogP contribution in [0, 0.1) is 0 Å². The highest BCUT2D eigenvalue weighted by molar-refractivity contribution is 7.99. The van der Waals surface area contributed by atoms with Crippen LogP contribution in [0.3, 0.4) is 0 Å². The number of thioether (sulfide) groups is 1. The minimum atomic E-state index is 0.378. The van der Waals surface area contributed by atoms with Crippen molar-refractivity contribution in [2.24, 2.45) is 0 Å². The molecule has 3 nitrogen and oxygen atoms in total. The zero-order valence-electron chi connectivity index (χ0n) is 13.2. The smallest absolute Gasteiger partial charge is 0.127 e. The van der Waals surface area contributed by atoms with E-state index in [4.69, 9.17) is 10.7 Å². The van der Waals surface area contributed by atoms with Crippen molar-refractivity contribution in [2.75, 3.05) is 17.2 Å². The van der Waals surface area contributed by atoms with Crippen LogP contribution in [-0.4, -0.2) is 21.1 Å². The molecule has 0 spiro atoms. The second-order valence-corrected chi connectivity index (χ2v) is 6.87. The standard InChI is InChI=1S/C17H25N3S/c1-4-21-11-10-15-16(18)20(17(19-15)13(2)3)12-14-8-6-5-7-9-14/h5-9,13H,4,10-12,18H2,1-3H3. The van der Waals surface area contributed by atoms with Gasteiger partial charge in [0.25, 0.3) is 0 Å². The molecule has 2 N–H and O–H groups in total. The Morgan fingerprint density at radius 1 is 1.24 bits per heavy atom. The van der Waals surface area contributed by atoms with Gasteiger partial charge < -0.3 is 10.3 Å². The van der Waals surface area contributed by atoms with Crippen molar-refractivity contribution in [3.05, 3.63) is 47.4 Å². The Hall–Kier alpha value is -1.42. The highest BCUT2D eigenvalue weighted by Crippen LogP contribution is 2.23. The summed E-state index contributed by atoms with van der Waals surface area (Å²) >= 11 is 1.93. The van der Waals surface area contributed by atoms with Gasteiger partial charge in [0.1, 0.15) is 11.6 Å². The summed E-state index contributed by atoms with van der Waals surface area (Å²) in [6.45, 7) is 7.33. The lowest BCUT2D eigenvalue weighted by molar-refractivity contribution is 0.675. The lowest BCUT2D eigenvalue weighted by atomic mass is 10.2. The number of nitrogens with zero attached hydrogens (tertiary/aromatic N) is 2. The molecular weight excluding hydrogens is 278 g/mol. The Morgan fingerprint density at radius 2 is 1.95 bits per heavy atom. The molecule has 21 heavy (non-hydrogen) atoms. The van der Waals surface area contributed by atoms with Gasteiger partial charge in [-0.2, -0.15) is 11.8 Å². The van der Waals surface area contributed by atoms with Gasteiger partial charge in [-0.3, -0.25) is 0 Å². The van der Waals surface area contributed by atoms with Gasteiger partial charge in [0.15, 0.2) is 0 Å². The van der Waals surface area contributed by atoms with E-state index in [1.807, 2.05) is 17.8 Å². The van der Waals surface area contributed by atoms with Crippen molar-refractivity contribution in [1.29, 1.82) is 0 Å². The Kier molecular flexibility index (Phi) is 5.74. The van der Waals surface area contributed by atoms with E-state index in [0.717, 1.165) is 41.8 Å². The lowest BCUT2D eigenvalue weighted by Crippen LogP contribution is -2.09. The molecule has 0 atom stereocenters. The molecule has 0 unspecified atom stereocenters. The molecule has 0 saturated carbocycles. The first-order valence-corrected chi connectivity index (χ1v) is 8.75. The van der Waals surface area contributed by atoms with E-state index in [-0.39, 0.29) is 0 Å². The Morgan fingerprint density at radius 3 is 2.57 bits per heavy atom. The molecule has 0 aliphatic heterocycles. The second-order valence-electron chi connectivity index (χ2n) is 5.48. The summed E-state index contributed by atoms with van der Waals surface area (Å²) < 4.78 is 2.17. The van der Waals surface area contributed by atoms with Crippen LogP contribution in [0.2, 0.25) is 0 Å². The average Bonchev–Trinajstić information content (AvgIpc) is 2.78. The SMILES string of the molecule is CCSCCc1nc(C(C)C)n(Cc2ccccc2)c1N. The second kappa shape index (κ2) is 7.55. The molecule has 1 heterocycles. The van der Waals surface area contributed by atoms with E-state index >= 15 is 0 Å². The number of hydrogen-bond acceptors (Lipinski definition) is 3. The number of nitrogens with two attached hydrogens (primary N) is 1. The summed E-state index contributed by atoms with van der Waals surface area (Å²) in [7, 11) is 0. The van der Waals surface area contributed by atoms with Crippen molar-refractivity contribution in [1.82, 2.24) is 9.55 Å². The minimum absolute atomic E-state index is 0.378. The third-order valence-corrected chi connectivity index (χ3v) is 4.40. The predicted octanol–water partition coefficient (Wildman–Crippen LogP) is 3.93. The molecule has 0 amide bonds. The third-order valence-electron chi connectivity index (χ3n) is 3.50. The highest BCUT2D eigenvalue weighted by atomic mass is 32.2. The van der Waals surface area contributed by atoms with Crippen molar-refractivity contribution >= 4 is 17.6 Å². The van der Waals surface area contributed by atoms with Gasteiger partial charge in [0.2, 0.25) is 0 Å². The van der Waals surface area contributed by atoms with Crippen LogP contribution in [-0.2, 0) is 13.0 Å². The maximum Gasteiger partial charge on any atom is 0.127 e. The molecule has 0 aliphatic rings. The summed E-state index contributed by atoms with van der Waals surface area (Å²) in [5.41, 5.74) is 8.68. The van der Waals surface area contributed by atoms with E-state index in [1.165, 1.54) is 5.56 Å². The third kappa shape index (κ3) is 4.03. The van der Waals surface area contributed by atoms with Gasteiger partial charge in [-0.1, -0.05) is 51.1 Å². The summed E-state index contributed by atoms with van der Waals surface area (Å²) in [6.07, 6.45) is 0.950. The van der Waals surface area contributed by atoms with Crippen LogP contribution >= 0.6 is 11.8 Å². The van der Waals surface area contributed by atoms with E-state index in [9.17, 15) is 0 Å². The molecule has 0 fully saturated rings. The van der Waals surface area contributed by atoms with Crippen LogP contribution in [0.1, 0.15) is 43.8 Å². The normalized spacial score (nSPS) is 11.2. The maximum absolute atomic E-state index is 6.36. The van der Waals surface area contributed by atoms with Crippen LogP contribution in [0.4, 0.5) is 5.82 Å². The molecule has 2 rings (SSSR count). The minimum Gasteiger partial charge on any atom is -0.384 e. The number of aromatic nitrogens is 2. The zero-order chi connectivity index (χ0) is 15.2. The molecule has 1 aromatic carbocycles. The van der Waals surface area contributed by atoms with E-state index < -0.39 is 0 Å². The fraction of sp³-hybridized carbons (Fsp3) is 0.471. The first-order valence-electron chi connectivity index (χ1n) is 7.59. The fourth-order valence-corrected chi connectivity index (χ4v) is 3.03. The molecule has 0 bridgehead atoms. The van der Waals surface area contributed by atoms with Gasteiger partial charge in [-0.05, 0) is 17.1 Å². The summed E-state index contributed by atoms with van der Waals surface area (Å²) in [4.78, 5) is 4.80. The van der Waals surface area contributed by atoms with Crippen molar-refractivity contribution in [3.63, 3.8) is 0 Å². The van der Waals surface area contributed by atoms with Crippen molar-refractivity contribution < 1.29 is 0 Å². The largest absolute Gasteiger partial charge is 0.384 e. The number of aryl methyl sites for hydroxylation is 1. The quantitative estimate of drug-likeness (QED) is 0.788. The van der Waals surface area contributed by atoms with Gasteiger partial charge in [-0.15, -0.1) is 0 Å². The van der Waals surface area contributed by atoms with E-state index in [1.54, 1.807) is 0 Å². The topological polar surface area (TPSA) is 43.8 Å². The van der Waals surface area contributed by atoms with Gasteiger partial charge in [0, 0.05) is 12.3 Å². The average molecular weight is 303 g/mol. The van der Waals surface area contributed by atoms with Gasteiger partial charge in [0.05, 0.1) is 12.2 Å². The van der Waals surface area contributed by atoms with Gasteiger partial charge >= 0.3 is 0 Å². The van der Waals surface area contributed by atoms with Crippen LogP contribution in [0.25, 0.3) is 0 Å². The Balaban J connectivity index is 2.25. The number of nitrogen functional groups attached to an aromatic ring is 1. The molecule has 2 aromatic rings. The van der Waals surface area contributed by atoms with Crippen LogP contribution in [0.5, 0.6) is 0 Å². The van der Waals surface area contributed by atoms with Crippen LogP contribution in [0.15, 0.2) is 30.3 Å². The molecule has 114 valence electrons. The molecule has 4 heteroatoms. The summed E-state index contributed by atoms with van der Waals surface area (Å²) in [6, 6.07) is 10.4. The molecule has 0 aliphatic carbocycles. The molecule has 1 aromatic heterocycles. The van der Waals surface area contributed by atoms with Gasteiger partial charge in [-0.25, -0.2) is 4.98 Å². The maximum atomic E-state index is 6.36.